The van der Waals surface area contributed by atoms with Gasteiger partial charge in [0.15, 0.2) is 5.78 Å². The topological polar surface area (TPSA) is 84.5 Å². The summed E-state index contributed by atoms with van der Waals surface area (Å²) in [7, 11) is 0. The van der Waals surface area contributed by atoms with Crippen molar-refractivity contribution in [3.63, 3.8) is 0 Å². The molecule has 0 unspecified atom stereocenters. The number of ketones is 1. The van der Waals surface area contributed by atoms with Crippen LogP contribution in [0.4, 0.5) is 10.7 Å². The summed E-state index contributed by atoms with van der Waals surface area (Å²) in [6.45, 7) is 4.96. The van der Waals surface area contributed by atoms with Crippen LogP contribution in [0.1, 0.15) is 39.4 Å². The molecule has 0 spiro atoms. The van der Waals surface area contributed by atoms with E-state index in [-0.39, 0.29) is 30.4 Å². The van der Waals surface area contributed by atoms with Crippen molar-refractivity contribution in [3.05, 3.63) is 45.3 Å². The van der Waals surface area contributed by atoms with E-state index >= 15 is 0 Å². The van der Waals surface area contributed by atoms with E-state index in [1.54, 1.807) is 38.1 Å². The Labute approximate surface area is 160 Å². The van der Waals surface area contributed by atoms with Crippen molar-refractivity contribution in [1.82, 2.24) is 0 Å². The zero-order valence-electron chi connectivity index (χ0n) is 14.6. The molecule has 1 aromatic heterocycles. The minimum absolute atomic E-state index is 0.0884. The van der Waals surface area contributed by atoms with Gasteiger partial charge in [-0.25, -0.2) is 4.79 Å². The number of thiophene rings is 1. The van der Waals surface area contributed by atoms with Gasteiger partial charge in [0, 0.05) is 0 Å². The first-order valence-corrected chi connectivity index (χ1v) is 9.14. The zero-order valence-corrected chi connectivity index (χ0v) is 16.2. The fourth-order valence-corrected chi connectivity index (χ4v) is 3.61. The molecule has 0 radical (unpaired) electrons. The smallest absolute Gasteiger partial charge is 0.341 e. The average molecular weight is 395 g/mol. The maximum absolute atomic E-state index is 12.2. The first kappa shape index (κ1) is 19.9. The van der Waals surface area contributed by atoms with Gasteiger partial charge in [0.05, 0.1) is 34.3 Å². The Morgan fingerprint density at radius 3 is 2.54 bits per heavy atom. The Bertz CT molecular complexity index is 848. The molecule has 0 bridgehead atoms. The number of esters is 1. The standard InChI is InChI=1S/C18H19ClN2O4S/c1-4-25-18(24)15-10(2)16(11(3)22)26-17(15)20-9-14(23)21-13-8-6-5-7-12(13)19/h5-8,20H,4,9H2,1-3H3,(H,21,23). The van der Waals surface area contributed by atoms with Crippen LogP contribution in [0.15, 0.2) is 24.3 Å². The number of Topliss-reactive ketones (excluding diaryl/α,β-unsaturated/α-hetero) is 1. The number of halogens is 1. The van der Waals surface area contributed by atoms with E-state index in [2.05, 4.69) is 10.6 Å². The fraction of sp³-hybridized carbons (Fsp3) is 0.278. The zero-order chi connectivity index (χ0) is 19.3. The number of benzene rings is 1. The van der Waals surface area contributed by atoms with Gasteiger partial charge in [-0.1, -0.05) is 23.7 Å². The van der Waals surface area contributed by atoms with Crippen molar-refractivity contribution in [2.24, 2.45) is 0 Å². The molecule has 1 heterocycles. The molecular formula is C18H19ClN2O4S. The van der Waals surface area contributed by atoms with Gasteiger partial charge in [-0.15, -0.1) is 11.3 Å². The Hall–Kier alpha value is -2.38. The maximum atomic E-state index is 12.2. The molecule has 6 nitrogen and oxygen atoms in total. The predicted molar refractivity (Wildman–Crippen MR) is 104 cm³/mol. The lowest BCUT2D eigenvalue weighted by molar-refractivity contribution is -0.114. The Balaban J connectivity index is 2.16. The largest absolute Gasteiger partial charge is 0.462 e. The van der Waals surface area contributed by atoms with Crippen molar-refractivity contribution in [1.29, 1.82) is 0 Å². The number of hydrogen-bond donors (Lipinski definition) is 2. The Morgan fingerprint density at radius 1 is 1.23 bits per heavy atom. The van der Waals surface area contributed by atoms with Gasteiger partial charge >= 0.3 is 5.97 Å². The Kier molecular flexibility index (Phi) is 6.76. The summed E-state index contributed by atoms with van der Waals surface area (Å²) >= 11 is 7.15. The summed E-state index contributed by atoms with van der Waals surface area (Å²) in [6, 6.07) is 6.88. The maximum Gasteiger partial charge on any atom is 0.341 e. The number of carbonyl (C=O) groups excluding carboxylic acids is 3. The van der Waals surface area contributed by atoms with E-state index in [0.717, 1.165) is 11.3 Å². The number of para-hydroxylation sites is 1. The number of carbonyl (C=O) groups is 3. The minimum Gasteiger partial charge on any atom is -0.462 e. The fourth-order valence-electron chi connectivity index (χ4n) is 2.34. The van der Waals surface area contributed by atoms with Crippen molar-refractivity contribution in [3.8, 4) is 0 Å². The number of hydrogen-bond acceptors (Lipinski definition) is 6. The van der Waals surface area contributed by atoms with E-state index < -0.39 is 5.97 Å². The van der Waals surface area contributed by atoms with E-state index in [1.165, 1.54) is 6.92 Å². The molecule has 2 rings (SSSR count). The highest BCUT2D eigenvalue weighted by Crippen LogP contribution is 2.34. The highest BCUT2D eigenvalue weighted by atomic mass is 35.5. The summed E-state index contributed by atoms with van der Waals surface area (Å²) in [5.41, 5.74) is 1.33. The third-order valence-corrected chi connectivity index (χ3v) is 5.18. The number of rotatable bonds is 7. The number of anilines is 2. The normalized spacial score (nSPS) is 10.3. The average Bonchev–Trinajstić information content (AvgIpc) is 2.92. The van der Waals surface area contributed by atoms with Crippen LogP contribution in [-0.4, -0.2) is 30.8 Å². The first-order valence-electron chi connectivity index (χ1n) is 7.94. The van der Waals surface area contributed by atoms with Crippen LogP contribution in [0, 0.1) is 6.92 Å². The molecule has 8 heteroatoms. The second-order valence-corrected chi connectivity index (χ2v) is 6.85. The van der Waals surface area contributed by atoms with Crippen LogP contribution in [0.25, 0.3) is 0 Å². The quantitative estimate of drug-likeness (QED) is 0.544. The number of nitrogens with one attached hydrogen (secondary N) is 2. The van der Waals surface area contributed by atoms with Gasteiger partial charge in [-0.05, 0) is 38.5 Å². The van der Waals surface area contributed by atoms with E-state index in [4.69, 9.17) is 16.3 Å². The van der Waals surface area contributed by atoms with Crippen LogP contribution in [0.3, 0.4) is 0 Å². The molecular weight excluding hydrogens is 376 g/mol. The van der Waals surface area contributed by atoms with Gasteiger partial charge in [-0.2, -0.15) is 0 Å². The van der Waals surface area contributed by atoms with Crippen LogP contribution in [0.5, 0.6) is 0 Å². The first-order chi connectivity index (χ1) is 12.3. The van der Waals surface area contributed by atoms with Crippen molar-refractivity contribution in [2.45, 2.75) is 20.8 Å². The monoisotopic (exact) mass is 394 g/mol. The van der Waals surface area contributed by atoms with Crippen molar-refractivity contribution < 1.29 is 19.1 Å². The minimum atomic E-state index is -0.525. The summed E-state index contributed by atoms with van der Waals surface area (Å²) in [4.78, 5) is 36.6. The van der Waals surface area contributed by atoms with Crippen LogP contribution in [0.2, 0.25) is 5.02 Å². The molecule has 0 aliphatic heterocycles. The molecule has 0 saturated heterocycles. The number of ether oxygens (including phenoxy) is 1. The molecule has 1 aromatic carbocycles. The Morgan fingerprint density at radius 2 is 1.92 bits per heavy atom. The van der Waals surface area contributed by atoms with Crippen molar-refractivity contribution in [2.75, 3.05) is 23.8 Å². The predicted octanol–water partition coefficient (Wildman–Crippen LogP) is 4.14. The van der Waals surface area contributed by atoms with Gasteiger partial charge < -0.3 is 15.4 Å². The van der Waals surface area contributed by atoms with Gasteiger partial charge in [0.2, 0.25) is 5.91 Å². The summed E-state index contributed by atoms with van der Waals surface area (Å²) in [5, 5.41) is 6.47. The van der Waals surface area contributed by atoms with Crippen LogP contribution in [-0.2, 0) is 9.53 Å². The molecule has 1 amide bonds. The van der Waals surface area contributed by atoms with Crippen molar-refractivity contribution >= 4 is 51.3 Å². The molecule has 0 aliphatic carbocycles. The SMILES string of the molecule is CCOC(=O)c1c(NCC(=O)Nc2ccccc2Cl)sc(C(C)=O)c1C. The summed E-state index contributed by atoms with van der Waals surface area (Å²) in [6.07, 6.45) is 0. The second-order valence-electron chi connectivity index (χ2n) is 5.42. The van der Waals surface area contributed by atoms with Gasteiger partial charge in [0.1, 0.15) is 5.00 Å². The van der Waals surface area contributed by atoms with E-state index in [0.29, 0.717) is 26.2 Å². The molecule has 0 atom stereocenters. The lowest BCUT2D eigenvalue weighted by Crippen LogP contribution is -2.22. The molecule has 0 saturated carbocycles. The molecule has 0 aliphatic rings. The number of amides is 1. The molecule has 2 aromatic rings. The summed E-state index contributed by atoms with van der Waals surface area (Å²) < 4.78 is 5.06. The third-order valence-electron chi connectivity index (χ3n) is 3.50. The van der Waals surface area contributed by atoms with E-state index in [9.17, 15) is 14.4 Å². The molecule has 138 valence electrons. The highest BCUT2D eigenvalue weighted by molar-refractivity contribution is 7.18. The summed E-state index contributed by atoms with van der Waals surface area (Å²) in [5.74, 6) is -1.00. The van der Waals surface area contributed by atoms with Crippen LogP contribution < -0.4 is 10.6 Å². The molecule has 0 fully saturated rings. The lowest BCUT2D eigenvalue weighted by atomic mass is 10.1. The lowest BCUT2D eigenvalue weighted by Gasteiger charge is -2.09. The molecule has 26 heavy (non-hydrogen) atoms. The molecule has 2 N–H and O–H groups in total. The highest BCUT2D eigenvalue weighted by Gasteiger charge is 2.24. The van der Waals surface area contributed by atoms with Crippen LogP contribution >= 0.6 is 22.9 Å². The van der Waals surface area contributed by atoms with Gasteiger partial charge in [0.25, 0.3) is 0 Å². The third kappa shape index (κ3) is 4.62. The van der Waals surface area contributed by atoms with Gasteiger partial charge in [-0.3, -0.25) is 9.59 Å². The second kappa shape index (κ2) is 8.82. The van der Waals surface area contributed by atoms with E-state index in [1.807, 2.05) is 0 Å².